The minimum atomic E-state index is 0.977. The first-order chi connectivity index (χ1) is 6.40. The molecule has 1 aromatic rings. The first-order valence-electron chi connectivity index (χ1n) is 4.32. The van der Waals surface area contributed by atoms with Gasteiger partial charge in [0.15, 0.2) is 0 Å². The fraction of sp³-hybridized carbons (Fsp3) is 0.300. The van der Waals surface area contributed by atoms with Crippen LogP contribution in [0.4, 0.5) is 5.69 Å². The van der Waals surface area contributed by atoms with Gasteiger partial charge >= 0.3 is 0 Å². The quantitative estimate of drug-likeness (QED) is 0.724. The van der Waals surface area contributed by atoms with Crippen LogP contribution in [0.3, 0.4) is 0 Å². The zero-order valence-electron chi connectivity index (χ0n) is 7.28. The first-order valence-corrected chi connectivity index (χ1v) is 5.44. The summed E-state index contributed by atoms with van der Waals surface area (Å²) in [5, 5.41) is 0.987. The third-order valence-electron chi connectivity index (χ3n) is 2.10. The van der Waals surface area contributed by atoms with Crippen molar-refractivity contribution in [2.75, 3.05) is 11.9 Å². The van der Waals surface area contributed by atoms with Crippen LogP contribution in [-0.4, -0.2) is 23.1 Å². The lowest BCUT2D eigenvalue weighted by Gasteiger charge is -2.23. The molecule has 0 fully saturated rings. The summed E-state index contributed by atoms with van der Waals surface area (Å²) in [7, 11) is 0. The van der Waals surface area contributed by atoms with Crippen molar-refractivity contribution in [3.05, 3.63) is 29.8 Å². The number of hydrogen-bond acceptors (Lipinski definition) is 2. The molecular formula is C10H11BrN2. The number of nitrogens with zero attached hydrogens (tertiary/aromatic N) is 2. The second-order valence-corrected chi connectivity index (χ2v) is 3.83. The highest BCUT2D eigenvalue weighted by Gasteiger charge is 2.09. The molecule has 0 atom stereocenters. The van der Waals surface area contributed by atoms with Crippen LogP contribution in [0.1, 0.15) is 5.56 Å². The van der Waals surface area contributed by atoms with Crippen molar-refractivity contribution in [1.29, 1.82) is 0 Å². The SMILES string of the molecule is BrCCN1C=Nc2ccccc2C1. The molecule has 68 valence electrons. The number of aliphatic imine (C=N–C) groups is 1. The topological polar surface area (TPSA) is 15.6 Å². The number of rotatable bonds is 2. The van der Waals surface area contributed by atoms with Crippen LogP contribution in [-0.2, 0) is 6.54 Å². The van der Waals surface area contributed by atoms with Crippen LogP contribution in [0.2, 0.25) is 0 Å². The summed E-state index contributed by atoms with van der Waals surface area (Å²) in [4.78, 5) is 6.58. The summed E-state index contributed by atoms with van der Waals surface area (Å²) in [5.41, 5.74) is 2.42. The van der Waals surface area contributed by atoms with Crippen LogP contribution in [0.15, 0.2) is 29.3 Å². The van der Waals surface area contributed by atoms with Crippen LogP contribution in [0, 0.1) is 0 Å². The molecule has 2 nitrogen and oxygen atoms in total. The van der Waals surface area contributed by atoms with Crippen molar-refractivity contribution in [2.45, 2.75) is 6.54 Å². The van der Waals surface area contributed by atoms with E-state index in [1.807, 2.05) is 12.4 Å². The Morgan fingerprint density at radius 2 is 2.23 bits per heavy atom. The van der Waals surface area contributed by atoms with Gasteiger partial charge in [-0.3, -0.25) is 0 Å². The van der Waals surface area contributed by atoms with Gasteiger partial charge in [-0.1, -0.05) is 34.1 Å². The van der Waals surface area contributed by atoms with Gasteiger partial charge in [-0.25, -0.2) is 4.99 Å². The Kier molecular flexibility index (Phi) is 2.64. The molecule has 3 heteroatoms. The Balaban J connectivity index is 2.19. The molecule has 0 N–H and O–H groups in total. The van der Waals surface area contributed by atoms with Gasteiger partial charge in [0.1, 0.15) is 0 Å². The summed E-state index contributed by atoms with van der Waals surface area (Å²) in [6.07, 6.45) is 1.92. The Bertz CT molecular complexity index is 322. The van der Waals surface area contributed by atoms with E-state index < -0.39 is 0 Å². The van der Waals surface area contributed by atoms with Gasteiger partial charge in [-0.05, 0) is 11.6 Å². The predicted molar refractivity (Wildman–Crippen MR) is 58.8 cm³/mol. The van der Waals surface area contributed by atoms with Crippen molar-refractivity contribution in [1.82, 2.24) is 4.90 Å². The van der Waals surface area contributed by atoms with Gasteiger partial charge in [0.2, 0.25) is 0 Å². The van der Waals surface area contributed by atoms with E-state index in [0.717, 1.165) is 24.1 Å². The normalized spacial score (nSPS) is 14.4. The van der Waals surface area contributed by atoms with Crippen molar-refractivity contribution >= 4 is 28.0 Å². The largest absolute Gasteiger partial charge is 0.357 e. The number of benzene rings is 1. The molecule has 0 aliphatic carbocycles. The fourth-order valence-electron chi connectivity index (χ4n) is 1.42. The number of alkyl halides is 1. The van der Waals surface area contributed by atoms with Crippen LogP contribution < -0.4 is 0 Å². The standard InChI is InChI=1S/C10H11BrN2/c11-5-6-13-7-9-3-1-2-4-10(9)12-8-13/h1-4,8H,5-7H2. The van der Waals surface area contributed by atoms with E-state index in [2.05, 4.69) is 44.0 Å². The second-order valence-electron chi connectivity index (χ2n) is 3.03. The number of halogens is 1. The molecule has 0 radical (unpaired) electrons. The van der Waals surface area contributed by atoms with Crippen molar-refractivity contribution < 1.29 is 0 Å². The highest BCUT2D eigenvalue weighted by molar-refractivity contribution is 9.09. The maximum atomic E-state index is 4.37. The Labute approximate surface area is 86.4 Å². The van der Waals surface area contributed by atoms with E-state index in [1.54, 1.807) is 0 Å². The average Bonchev–Trinajstić information content (AvgIpc) is 2.18. The lowest BCUT2D eigenvalue weighted by molar-refractivity contribution is 0.448. The monoisotopic (exact) mass is 238 g/mol. The maximum Gasteiger partial charge on any atom is 0.0915 e. The Hall–Kier alpha value is -0.830. The summed E-state index contributed by atoms with van der Waals surface area (Å²) in [5.74, 6) is 0. The maximum absolute atomic E-state index is 4.37. The molecule has 0 saturated carbocycles. The average molecular weight is 239 g/mol. The number of fused-ring (bicyclic) bond motifs is 1. The molecule has 1 aliphatic heterocycles. The summed E-state index contributed by atoms with van der Waals surface area (Å²) >= 11 is 3.42. The molecule has 0 spiro atoms. The van der Waals surface area contributed by atoms with Crippen LogP contribution >= 0.6 is 15.9 Å². The highest BCUT2D eigenvalue weighted by atomic mass is 79.9. The third kappa shape index (κ3) is 1.91. The van der Waals surface area contributed by atoms with E-state index in [1.165, 1.54) is 5.56 Å². The minimum Gasteiger partial charge on any atom is -0.357 e. The van der Waals surface area contributed by atoms with E-state index in [-0.39, 0.29) is 0 Å². The zero-order valence-corrected chi connectivity index (χ0v) is 8.87. The van der Waals surface area contributed by atoms with Gasteiger partial charge < -0.3 is 4.90 Å². The van der Waals surface area contributed by atoms with E-state index in [9.17, 15) is 0 Å². The lowest BCUT2D eigenvalue weighted by Crippen LogP contribution is -2.25. The van der Waals surface area contributed by atoms with Crippen LogP contribution in [0.5, 0.6) is 0 Å². The van der Waals surface area contributed by atoms with E-state index >= 15 is 0 Å². The van der Waals surface area contributed by atoms with Gasteiger partial charge in [0.05, 0.1) is 12.0 Å². The zero-order chi connectivity index (χ0) is 9.10. The molecule has 0 amide bonds. The summed E-state index contributed by atoms with van der Waals surface area (Å²) in [6.45, 7) is 1.99. The molecule has 0 aromatic heterocycles. The second kappa shape index (κ2) is 3.92. The van der Waals surface area contributed by atoms with E-state index in [4.69, 9.17) is 0 Å². The Morgan fingerprint density at radius 1 is 1.38 bits per heavy atom. The van der Waals surface area contributed by atoms with Gasteiger partial charge in [0, 0.05) is 18.4 Å². The molecule has 0 unspecified atom stereocenters. The van der Waals surface area contributed by atoms with Crippen LogP contribution in [0.25, 0.3) is 0 Å². The lowest BCUT2D eigenvalue weighted by atomic mass is 10.1. The molecule has 0 saturated heterocycles. The first kappa shape index (κ1) is 8.75. The summed E-state index contributed by atoms with van der Waals surface area (Å²) < 4.78 is 0. The smallest absolute Gasteiger partial charge is 0.0915 e. The van der Waals surface area contributed by atoms with Gasteiger partial charge in [-0.2, -0.15) is 0 Å². The third-order valence-corrected chi connectivity index (χ3v) is 2.45. The molecule has 0 bridgehead atoms. The van der Waals surface area contributed by atoms with Crippen molar-refractivity contribution in [3.63, 3.8) is 0 Å². The number of para-hydroxylation sites is 1. The summed E-state index contributed by atoms with van der Waals surface area (Å²) in [6, 6.07) is 8.27. The molecule has 1 aliphatic rings. The van der Waals surface area contributed by atoms with Gasteiger partial charge in [-0.15, -0.1) is 0 Å². The molecule has 1 heterocycles. The molecule has 13 heavy (non-hydrogen) atoms. The van der Waals surface area contributed by atoms with E-state index in [0.29, 0.717) is 0 Å². The Morgan fingerprint density at radius 3 is 3.08 bits per heavy atom. The highest BCUT2D eigenvalue weighted by Crippen LogP contribution is 2.22. The fourth-order valence-corrected chi connectivity index (χ4v) is 1.87. The predicted octanol–water partition coefficient (Wildman–Crippen LogP) is 2.56. The molecule has 2 rings (SSSR count). The van der Waals surface area contributed by atoms with Crippen molar-refractivity contribution in [3.8, 4) is 0 Å². The molecule has 1 aromatic carbocycles. The minimum absolute atomic E-state index is 0.977. The van der Waals surface area contributed by atoms with Crippen molar-refractivity contribution in [2.24, 2.45) is 4.99 Å². The molecular weight excluding hydrogens is 228 g/mol. The van der Waals surface area contributed by atoms with Gasteiger partial charge in [0.25, 0.3) is 0 Å². The number of hydrogen-bond donors (Lipinski definition) is 0.